The number of azo groups is 2. The predicted molar refractivity (Wildman–Crippen MR) is 189 cm³/mol. The van der Waals surface area contributed by atoms with Gasteiger partial charge in [0.25, 0.3) is 0 Å². The van der Waals surface area contributed by atoms with Crippen LogP contribution in [0.3, 0.4) is 0 Å². The second-order valence-corrected chi connectivity index (χ2v) is 13.8. The Morgan fingerprint density at radius 1 is 0.782 bits per heavy atom. The van der Waals surface area contributed by atoms with Crippen LogP contribution < -0.4 is 26.5 Å². The van der Waals surface area contributed by atoms with Gasteiger partial charge in [0, 0.05) is 0 Å². The molecule has 6 rings (SSSR count). The van der Waals surface area contributed by atoms with Crippen LogP contribution >= 0.6 is 0 Å². The van der Waals surface area contributed by atoms with Gasteiger partial charge in [0.05, 0.1) is 0 Å². The van der Waals surface area contributed by atoms with Crippen molar-refractivity contribution in [3.63, 3.8) is 0 Å². The van der Waals surface area contributed by atoms with Crippen LogP contribution in [0.2, 0.25) is 0 Å². The normalized spacial score (nSPS) is 16.3. The van der Waals surface area contributed by atoms with E-state index in [-0.39, 0.29) is 81.5 Å². The van der Waals surface area contributed by atoms with E-state index in [0.29, 0.717) is 25.7 Å². The fourth-order valence-electron chi connectivity index (χ4n) is 5.39. The fraction of sp³-hybridized carbons (Fsp3) is 0.294. The molecule has 1 atom stereocenters. The number of nitro groups is 2. The Kier molecular flexibility index (Phi) is 10.4. The van der Waals surface area contributed by atoms with E-state index in [9.17, 15) is 35.1 Å². The second-order valence-electron chi connectivity index (χ2n) is 11.9. The van der Waals surface area contributed by atoms with Crippen molar-refractivity contribution in [3.05, 3.63) is 105 Å². The number of non-ortho nitro benzene ring substituents is 2. The van der Waals surface area contributed by atoms with Crippen molar-refractivity contribution in [2.75, 3.05) is 0 Å². The molecule has 0 N–H and O–H groups in total. The first-order valence-corrected chi connectivity index (χ1v) is 18.3. The summed E-state index contributed by atoms with van der Waals surface area (Å²) in [6, 6.07) is 8.63. The van der Waals surface area contributed by atoms with Crippen LogP contribution in [0.4, 0.5) is 39.8 Å². The van der Waals surface area contributed by atoms with Crippen LogP contribution in [-0.2, 0) is 27.0 Å². The van der Waals surface area contributed by atoms with Crippen LogP contribution in [0.25, 0.3) is 4.85 Å². The molecule has 0 saturated carbocycles. The maximum atomic E-state index is 13.9. The van der Waals surface area contributed by atoms with Gasteiger partial charge < -0.3 is 0 Å². The number of nitriles is 1. The van der Waals surface area contributed by atoms with E-state index in [2.05, 4.69) is 25.3 Å². The number of hydrogen-bond donors (Lipinski definition) is 0. The monoisotopic (exact) mass is 797 g/mol. The molecule has 0 bridgehead atoms. The van der Waals surface area contributed by atoms with Gasteiger partial charge in [0.2, 0.25) is 0 Å². The van der Waals surface area contributed by atoms with Crippen molar-refractivity contribution in [1.82, 2.24) is 9.13 Å². The van der Waals surface area contributed by atoms with Crippen molar-refractivity contribution in [3.8, 4) is 29.3 Å². The minimum atomic E-state index is -4.77. The number of nitrogens with zero attached hydrogens (tertiary/aromatic N) is 10. The Labute approximate surface area is 314 Å². The van der Waals surface area contributed by atoms with Gasteiger partial charge in [0.15, 0.2) is 0 Å². The molecule has 21 heteroatoms. The molecular formula is C34H30CoN10O10. The third-order valence-electron chi connectivity index (χ3n) is 8.37. The van der Waals surface area contributed by atoms with E-state index < -0.39 is 46.3 Å². The molecular weight excluding hydrogens is 767 g/mol. The molecule has 0 fully saturated rings. The topological polar surface area (TPSA) is 245 Å². The van der Waals surface area contributed by atoms with Crippen LogP contribution in [0.15, 0.2) is 66.4 Å². The summed E-state index contributed by atoms with van der Waals surface area (Å²) in [5.41, 5.74) is -3.54. The molecule has 0 aliphatic carbocycles. The van der Waals surface area contributed by atoms with E-state index in [0.717, 1.165) is 33.4 Å². The molecule has 2 aliphatic heterocycles. The third kappa shape index (κ3) is 6.96. The quantitative estimate of drug-likeness (QED) is 0.0931. The zero-order chi connectivity index (χ0) is 39.6. The number of rotatable bonds is 8. The number of pyridine rings is 2. The Balaban J connectivity index is 1.78. The molecule has 1 spiro atoms. The van der Waals surface area contributed by atoms with Crippen molar-refractivity contribution in [2.24, 2.45) is 20.5 Å². The molecule has 0 radical (unpaired) electrons. The first kappa shape index (κ1) is 37.8. The number of nitro benzene ring substituents is 2. The molecule has 2 aromatic heterocycles. The van der Waals surface area contributed by atoms with Gasteiger partial charge in [-0.1, -0.05) is 0 Å². The number of aromatic nitrogens is 2. The summed E-state index contributed by atoms with van der Waals surface area (Å²) in [5, 5.41) is 50.9. The molecule has 20 nitrogen and oxygen atoms in total. The van der Waals surface area contributed by atoms with Gasteiger partial charge in [-0.3, -0.25) is 0 Å². The summed E-state index contributed by atoms with van der Waals surface area (Å²) in [4.78, 5) is 53.7. The predicted octanol–water partition coefficient (Wildman–Crippen LogP) is 8.35. The standard InChI is InChI=1S/2C17H17N5O5.Co/c1-4-5-8-21-16(24)14(18-3)10(2)15(17(21)25)20-19-12-9-11(22(26)27)6-7-13(12)23;1-3-4-7-21-16(24)12(9-18)10(2)15(17(21)25)20-19-13-8-11(22(26)27)5-6-14(13)23;/h6-7,9,23,25H,4-5,8H2,1-2H3;5-6,8,23,25H,3-4,7H2,1-2H3;/q;;+4/p-4. The number of unbranched alkanes of at least 4 members (excludes halogenated alkanes) is 2. The number of benzene rings is 2. The summed E-state index contributed by atoms with van der Waals surface area (Å²) in [5.74, 6) is -1.12. The zero-order valence-corrected chi connectivity index (χ0v) is 30.6. The molecule has 4 aromatic rings. The molecule has 55 heavy (non-hydrogen) atoms. The first-order valence-electron chi connectivity index (χ1n) is 16.6. The summed E-state index contributed by atoms with van der Waals surface area (Å²) < 4.78 is 28.6. The van der Waals surface area contributed by atoms with Crippen LogP contribution in [0.5, 0.6) is 23.3 Å². The number of hydrogen-bond acceptors (Lipinski definition) is 15. The van der Waals surface area contributed by atoms with Crippen molar-refractivity contribution < 1.29 is 39.2 Å². The summed E-state index contributed by atoms with van der Waals surface area (Å²) >= 11 is -4.77. The fourth-order valence-corrected chi connectivity index (χ4v) is 7.49. The van der Waals surface area contributed by atoms with Crippen LogP contribution in [0.1, 0.15) is 56.2 Å². The second kappa shape index (κ2) is 15.2. The van der Waals surface area contributed by atoms with Gasteiger partial charge in [-0.2, -0.15) is 0 Å². The average Bonchev–Trinajstić information content (AvgIpc) is 3.26. The van der Waals surface area contributed by atoms with Crippen molar-refractivity contribution >= 4 is 39.8 Å². The van der Waals surface area contributed by atoms with Crippen LogP contribution in [-0.4, -0.2) is 19.0 Å². The Bertz CT molecular complexity index is 2380. The average molecular weight is 798 g/mol. The third-order valence-corrected chi connectivity index (χ3v) is 10.3. The van der Waals surface area contributed by atoms with Crippen molar-refractivity contribution in [2.45, 2.75) is 66.5 Å². The first-order chi connectivity index (χ1) is 26.4. The van der Waals surface area contributed by atoms with E-state index in [1.165, 1.54) is 26.0 Å². The van der Waals surface area contributed by atoms with Crippen molar-refractivity contribution in [1.29, 1.82) is 5.26 Å². The van der Waals surface area contributed by atoms with Gasteiger partial charge >= 0.3 is 315 Å². The summed E-state index contributed by atoms with van der Waals surface area (Å²) in [6.45, 7) is 14.5. The van der Waals surface area contributed by atoms with Gasteiger partial charge in [-0.15, -0.1) is 0 Å². The Morgan fingerprint density at radius 3 is 1.69 bits per heavy atom. The molecule has 4 heterocycles. The van der Waals surface area contributed by atoms with Gasteiger partial charge in [-0.25, -0.2) is 0 Å². The minimum absolute atomic E-state index is 0.000989. The molecule has 285 valence electrons. The molecule has 2 aromatic carbocycles. The Morgan fingerprint density at radius 2 is 1.25 bits per heavy atom. The maximum absolute atomic E-state index is 13.9. The molecule has 0 amide bonds. The van der Waals surface area contributed by atoms with Gasteiger partial charge in [-0.05, 0) is 0 Å². The Hall–Kier alpha value is -6.97. The zero-order valence-electron chi connectivity index (χ0n) is 29.6. The van der Waals surface area contributed by atoms with E-state index in [1.807, 2.05) is 19.9 Å². The summed E-state index contributed by atoms with van der Waals surface area (Å²) in [6.07, 6.45) is 2.05. The van der Waals surface area contributed by atoms with E-state index in [1.54, 1.807) is 0 Å². The molecule has 2 aliphatic rings. The molecule has 1 unspecified atom stereocenters. The van der Waals surface area contributed by atoms with E-state index in [4.69, 9.17) is 22.0 Å². The number of fused-ring (bicyclic) bond motifs is 4. The molecule has 0 saturated heterocycles. The SMILES string of the molecule is [C-]#[N+]c1c(C)c2c(n(CCCC)c1=O)[O][Co]1([O]c3ccc([N+](=O)[O-])cc3N=Nc3c(C)c(C#N)c(=O)n(CCCC)c3[O]1)[O]c1ccc([N+](=O)[O-])cc1N=N2. The van der Waals surface area contributed by atoms with Gasteiger partial charge in [0.1, 0.15) is 0 Å². The van der Waals surface area contributed by atoms with E-state index >= 15 is 0 Å². The van der Waals surface area contributed by atoms with Crippen LogP contribution in [0, 0.1) is 52.0 Å². The summed E-state index contributed by atoms with van der Waals surface area (Å²) in [7, 11) is 0.